The number of carbonyl (C=O) groups excluding carboxylic acids is 1. The number of aryl methyl sites for hydroxylation is 1. The summed E-state index contributed by atoms with van der Waals surface area (Å²) in [6.07, 6.45) is 4.67. The summed E-state index contributed by atoms with van der Waals surface area (Å²) in [4.78, 5) is 17.1. The number of hydrogen-bond acceptors (Lipinski definition) is 4. The maximum Gasteiger partial charge on any atom is 0.241 e. The first-order valence-corrected chi connectivity index (χ1v) is 11.5. The molecule has 172 valence electrons. The molecule has 4 rings (SSSR count). The second-order valence-electron chi connectivity index (χ2n) is 7.83. The molecule has 0 saturated carbocycles. The Balaban J connectivity index is 1.40. The lowest BCUT2D eigenvalue weighted by molar-refractivity contribution is -0.121. The minimum atomic E-state index is -0.159. The van der Waals surface area contributed by atoms with Crippen molar-refractivity contribution in [2.45, 2.75) is 26.3 Å². The molecule has 0 bridgehead atoms. The highest BCUT2D eigenvalue weighted by Gasteiger charge is 2.15. The summed E-state index contributed by atoms with van der Waals surface area (Å²) in [6, 6.07) is 27.8. The molecule has 0 radical (unpaired) electrons. The number of benzene rings is 3. The van der Waals surface area contributed by atoms with Crippen LogP contribution in [0.25, 0.3) is 22.5 Å². The average Bonchev–Trinajstić information content (AvgIpc) is 3.32. The highest BCUT2D eigenvalue weighted by atomic mass is 16.5. The van der Waals surface area contributed by atoms with Gasteiger partial charge in [0.1, 0.15) is 5.75 Å². The Labute approximate surface area is 199 Å². The summed E-state index contributed by atoms with van der Waals surface area (Å²) in [6.45, 7) is 3.26. The van der Waals surface area contributed by atoms with Crippen molar-refractivity contribution in [2.24, 2.45) is 5.10 Å². The van der Waals surface area contributed by atoms with Crippen LogP contribution in [0, 0.1) is 0 Å². The topological polar surface area (TPSA) is 68.5 Å². The molecule has 0 saturated heterocycles. The molecular formula is C28H28N4O2. The predicted molar refractivity (Wildman–Crippen MR) is 136 cm³/mol. The average molecular weight is 453 g/mol. The number of rotatable bonds is 10. The molecule has 6 heteroatoms. The van der Waals surface area contributed by atoms with Gasteiger partial charge in [-0.05, 0) is 36.2 Å². The van der Waals surface area contributed by atoms with E-state index in [2.05, 4.69) is 34.6 Å². The minimum Gasteiger partial charge on any atom is -0.494 e. The molecule has 0 aliphatic heterocycles. The van der Waals surface area contributed by atoms with E-state index < -0.39 is 0 Å². The van der Waals surface area contributed by atoms with Crippen LogP contribution < -0.4 is 10.2 Å². The van der Waals surface area contributed by atoms with Crippen molar-refractivity contribution < 1.29 is 9.53 Å². The molecule has 6 nitrogen and oxygen atoms in total. The fourth-order valence-electron chi connectivity index (χ4n) is 3.58. The summed E-state index contributed by atoms with van der Waals surface area (Å²) in [5.41, 5.74) is 7.49. The highest BCUT2D eigenvalue weighted by molar-refractivity contribution is 5.83. The van der Waals surface area contributed by atoms with Crippen molar-refractivity contribution in [3.8, 4) is 28.3 Å². The predicted octanol–water partition coefficient (Wildman–Crippen LogP) is 5.55. The Hall–Kier alpha value is -4.19. The van der Waals surface area contributed by atoms with Crippen LogP contribution in [-0.4, -0.2) is 28.3 Å². The number of aromatic nitrogens is 2. The molecule has 1 heterocycles. The van der Waals surface area contributed by atoms with Gasteiger partial charge in [0.15, 0.2) is 0 Å². The van der Waals surface area contributed by atoms with E-state index in [-0.39, 0.29) is 12.3 Å². The summed E-state index contributed by atoms with van der Waals surface area (Å²) >= 11 is 0. The van der Waals surface area contributed by atoms with Crippen LogP contribution >= 0.6 is 0 Å². The minimum absolute atomic E-state index is 0.159. The van der Waals surface area contributed by atoms with Gasteiger partial charge in [-0.2, -0.15) is 5.10 Å². The van der Waals surface area contributed by atoms with Crippen molar-refractivity contribution in [3.05, 3.63) is 96.8 Å². The van der Waals surface area contributed by atoms with Crippen molar-refractivity contribution >= 4 is 12.1 Å². The van der Waals surface area contributed by atoms with E-state index in [0.29, 0.717) is 13.2 Å². The van der Waals surface area contributed by atoms with Gasteiger partial charge in [-0.3, -0.25) is 4.79 Å². The lowest BCUT2D eigenvalue weighted by Crippen LogP contribution is -2.19. The zero-order valence-corrected chi connectivity index (χ0v) is 19.2. The number of hydrazone groups is 1. The quantitative estimate of drug-likeness (QED) is 0.253. The normalized spacial score (nSPS) is 11.0. The number of hydrogen-bond donors (Lipinski definition) is 1. The molecule has 4 aromatic rings. The van der Waals surface area contributed by atoms with Crippen LogP contribution in [0.5, 0.6) is 5.75 Å². The molecule has 0 aliphatic carbocycles. The molecule has 1 N–H and O–H groups in total. The zero-order chi connectivity index (χ0) is 23.6. The van der Waals surface area contributed by atoms with Gasteiger partial charge in [0.25, 0.3) is 0 Å². The maximum absolute atomic E-state index is 12.4. The van der Waals surface area contributed by atoms with E-state index in [1.165, 1.54) is 0 Å². The molecule has 3 aromatic carbocycles. The highest BCUT2D eigenvalue weighted by Crippen LogP contribution is 2.31. The van der Waals surface area contributed by atoms with Gasteiger partial charge >= 0.3 is 0 Å². The maximum atomic E-state index is 12.4. The largest absolute Gasteiger partial charge is 0.494 e. The second-order valence-corrected chi connectivity index (χ2v) is 7.83. The summed E-state index contributed by atoms with van der Waals surface area (Å²) < 4.78 is 7.60. The van der Waals surface area contributed by atoms with E-state index >= 15 is 0 Å². The fourth-order valence-corrected chi connectivity index (χ4v) is 3.58. The molecule has 0 aliphatic rings. The Morgan fingerprint density at radius 2 is 1.65 bits per heavy atom. The van der Waals surface area contributed by atoms with E-state index in [1.807, 2.05) is 77.4 Å². The number of carbonyl (C=O) groups is 1. The van der Waals surface area contributed by atoms with E-state index in [1.54, 1.807) is 12.5 Å². The standard InChI is InChI=1S/C28H28N4O2/c1-2-19-34-25-15-13-22(14-16-25)20-30-31-26(33)17-18-32-21-29-27(23-9-5-3-6-10-23)28(32)24-11-7-4-8-12-24/h3-16,20-21H,2,17-19H2,1H3,(H,31,33)/b30-20+. The van der Waals surface area contributed by atoms with Crippen LogP contribution in [0.2, 0.25) is 0 Å². The van der Waals surface area contributed by atoms with Gasteiger partial charge in [-0.25, -0.2) is 10.4 Å². The van der Waals surface area contributed by atoms with Crippen molar-refractivity contribution in [3.63, 3.8) is 0 Å². The Bertz CT molecular complexity index is 1220. The summed E-state index contributed by atoms with van der Waals surface area (Å²) in [5.74, 6) is 0.667. The third-order valence-corrected chi connectivity index (χ3v) is 5.27. The summed E-state index contributed by atoms with van der Waals surface area (Å²) in [7, 11) is 0. The lowest BCUT2D eigenvalue weighted by Gasteiger charge is -2.10. The zero-order valence-electron chi connectivity index (χ0n) is 19.2. The molecule has 34 heavy (non-hydrogen) atoms. The lowest BCUT2D eigenvalue weighted by atomic mass is 10.0. The smallest absolute Gasteiger partial charge is 0.241 e. The Kier molecular flexibility index (Phi) is 7.85. The van der Waals surface area contributed by atoms with E-state index in [4.69, 9.17) is 4.74 Å². The third-order valence-electron chi connectivity index (χ3n) is 5.27. The number of ether oxygens (including phenoxy) is 1. The molecule has 1 amide bonds. The first-order chi connectivity index (χ1) is 16.7. The van der Waals surface area contributed by atoms with Crippen LogP contribution in [-0.2, 0) is 11.3 Å². The van der Waals surface area contributed by atoms with Gasteiger partial charge in [-0.1, -0.05) is 67.6 Å². The first kappa shape index (κ1) is 23.0. The monoisotopic (exact) mass is 452 g/mol. The van der Waals surface area contributed by atoms with E-state index in [0.717, 1.165) is 40.2 Å². The van der Waals surface area contributed by atoms with Gasteiger partial charge in [0.05, 0.1) is 30.5 Å². The molecule has 0 fully saturated rings. The van der Waals surface area contributed by atoms with Crippen LogP contribution in [0.3, 0.4) is 0 Å². The van der Waals surface area contributed by atoms with Gasteiger partial charge in [0, 0.05) is 24.1 Å². The molecule has 1 aromatic heterocycles. The van der Waals surface area contributed by atoms with E-state index in [9.17, 15) is 4.79 Å². The Morgan fingerprint density at radius 1 is 0.971 bits per heavy atom. The fraction of sp³-hybridized carbons (Fsp3) is 0.179. The molecular weight excluding hydrogens is 424 g/mol. The summed E-state index contributed by atoms with van der Waals surface area (Å²) in [5, 5.41) is 4.09. The van der Waals surface area contributed by atoms with Crippen LogP contribution in [0.1, 0.15) is 25.3 Å². The van der Waals surface area contributed by atoms with Crippen LogP contribution in [0.4, 0.5) is 0 Å². The van der Waals surface area contributed by atoms with Gasteiger partial charge in [-0.15, -0.1) is 0 Å². The molecule has 0 atom stereocenters. The number of amides is 1. The first-order valence-electron chi connectivity index (χ1n) is 11.5. The van der Waals surface area contributed by atoms with Crippen molar-refractivity contribution in [2.75, 3.05) is 6.61 Å². The molecule has 0 spiro atoms. The SMILES string of the molecule is CCCOc1ccc(/C=N/NC(=O)CCn2cnc(-c3ccccc3)c2-c2ccccc2)cc1. The van der Waals surface area contributed by atoms with Gasteiger partial charge < -0.3 is 9.30 Å². The van der Waals surface area contributed by atoms with Crippen molar-refractivity contribution in [1.82, 2.24) is 15.0 Å². The third kappa shape index (κ3) is 5.98. The van der Waals surface area contributed by atoms with Crippen molar-refractivity contribution in [1.29, 1.82) is 0 Å². The number of nitrogens with zero attached hydrogens (tertiary/aromatic N) is 3. The van der Waals surface area contributed by atoms with Gasteiger partial charge in [0.2, 0.25) is 5.91 Å². The molecule has 0 unspecified atom stereocenters. The number of nitrogens with one attached hydrogen (secondary N) is 1. The van der Waals surface area contributed by atoms with Crippen LogP contribution in [0.15, 0.2) is 96.4 Å². The Morgan fingerprint density at radius 3 is 2.32 bits per heavy atom. The second kappa shape index (κ2) is 11.6. The number of imidazole rings is 1.